The predicted octanol–water partition coefficient (Wildman–Crippen LogP) is 0.976. The number of amides is 1. The van der Waals surface area contributed by atoms with Crippen LogP contribution in [0.5, 0.6) is 0 Å². The Morgan fingerprint density at radius 3 is 2.70 bits per heavy atom. The number of hydrogen-bond donors (Lipinski definition) is 2. The number of aryl methyl sites for hydroxylation is 1. The fourth-order valence-corrected chi connectivity index (χ4v) is 3.26. The zero-order valence-corrected chi connectivity index (χ0v) is 12.3. The first-order chi connectivity index (χ1) is 9.36. The molecule has 20 heavy (non-hydrogen) atoms. The Morgan fingerprint density at radius 1 is 1.45 bits per heavy atom. The van der Waals surface area contributed by atoms with Gasteiger partial charge >= 0.3 is 0 Å². The van der Waals surface area contributed by atoms with Crippen LogP contribution in [0.15, 0.2) is 11.1 Å². The minimum Gasteiger partial charge on any atom is -0.308 e. The number of nitrogens with two attached hydrogens (primary N) is 1. The molecular weight excluding hydrogens is 280 g/mol. The van der Waals surface area contributed by atoms with Gasteiger partial charge in [0.1, 0.15) is 4.90 Å². The quantitative estimate of drug-likeness (QED) is 0.864. The highest BCUT2D eigenvalue weighted by atomic mass is 32.2. The summed E-state index contributed by atoms with van der Waals surface area (Å²) in [6.45, 7) is 0. The van der Waals surface area contributed by atoms with E-state index in [9.17, 15) is 13.2 Å². The van der Waals surface area contributed by atoms with E-state index in [0.29, 0.717) is 12.3 Å². The maximum absolute atomic E-state index is 12.0. The molecule has 112 valence electrons. The summed E-state index contributed by atoms with van der Waals surface area (Å²) in [5.74, 6) is 0.182. The van der Waals surface area contributed by atoms with Crippen molar-refractivity contribution in [2.45, 2.75) is 43.4 Å². The number of carbonyl (C=O) groups excluding carboxylic acids is 1. The van der Waals surface area contributed by atoms with Crippen molar-refractivity contribution in [3.63, 3.8) is 0 Å². The first kappa shape index (κ1) is 15.0. The molecule has 7 nitrogen and oxygen atoms in total. The topological polar surface area (TPSA) is 107 Å². The summed E-state index contributed by atoms with van der Waals surface area (Å²) in [5.41, 5.74) is 0. The van der Waals surface area contributed by atoms with E-state index in [2.05, 4.69) is 10.4 Å². The minimum absolute atomic E-state index is 0.0100. The molecule has 0 atom stereocenters. The van der Waals surface area contributed by atoms with Gasteiger partial charge in [-0.2, -0.15) is 5.10 Å². The van der Waals surface area contributed by atoms with Crippen LogP contribution in [0.2, 0.25) is 0 Å². The molecule has 1 aromatic rings. The number of aromatic nitrogens is 2. The zero-order valence-electron chi connectivity index (χ0n) is 11.5. The molecule has 0 spiro atoms. The Bertz CT molecular complexity index is 588. The second kappa shape index (κ2) is 5.92. The lowest BCUT2D eigenvalue weighted by Crippen LogP contribution is -2.20. The number of hydrogen-bond acceptors (Lipinski definition) is 4. The molecule has 0 radical (unpaired) electrons. The first-order valence-corrected chi connectivity index (χ1v) is 8.27. The Balaban J connectivity index is 2.04. The van der Waals surface area contributed by atoms with E-state index in [0.717, 1.165) is 25.7 Å². The molecule has 0 unspecified atom stereocenters. The van der Waals surface area contributed by atoms with Crippen LogP contribution >= 0.6 is 0 Å². The summed E-state index contributed by atoms with van der Waals surface area (Å²) in [5, 5.41) is 11.6. The van der Waals surface area contributed by atoms with Gasteiger partial charge in [0.15, 0.2) is 5.82 Å². The van der Waals surface area contributed by atoms with Crippen LogP contribution < -0.4 is 10.5 Å². The van der Waals surface area contributed by atoms with E-state index in [1.54, 1.807) is 7.05 Å². The highest BCUT2D eigenvalue weighted by molar-refractivity contribution is 7.89. The monoisotopic (exact) mass is 300 g/mol. The van der Waals surface area contributed by atoms with Gasteiger partial charge in [-0.1, -0.05) is 19.3 Å². The molecule has 1 aliphatic carbocycles. The van der Waals surface area contributed by atoms with Gasteiger partial charge in [0, 0.05) is 19.7 Å². The van der Waals surface area contributed by atoms with Crippen LogP contribution in [0.1, 0.15) is 38.5 Å². The van der Waals surface area contributed by atoms with Crippen molar-refractivity contribution in [2.75, 3.05) is 5.32 Å². The van der Waals surface area contributed by atoms with E-state index >= 15 is 0 Å². The lowest BCUT2D eigenvalue weighted by molar-refractivity contribution is -0.117. The number of nitrogens with one attached hydrogen (secondary N) is 1. The maximum Gasteiger partial charge on any atom is 0.243 e. The molecule has 8 heteroatoms. The van der Waals surface area contributed by atoms with E-state index in [1.807, 2.05) is 0 Å². The van der Waals surface area contributed by atoms with Crippen molar-refractivity contribution in [1.29, 1.82) is 0 Å². The number of rotatable bonds is 4. The number of carbonyl (C=O) groups is 1. The third-order valence-electron chi connectivity index (χ3n) is 3.56. The Hall–Kier alpha value is -1.41. The van der Waals surface area contributed by atoms with E-state index < -0.39 is 10.0 Å². The Labute approximate surface area is 118 Å². The molecular formula is C12H20N4O3S. The molecule has 3 N–H and O–H groups in total. The second-order valence-corrected chi connectivity index (χ2v) is 6.85. The fourth-order valence-electron chi connectivity index (χ4n) is 2.60. The molecule has 1 aliphatic rings. The van der Waals surface area contributed by atoms with Crippen molar-refractivity contribution >= 4 is 21.7 Å². The van der Waals surface area contributed by atoms with Crippen LogP contribution in [0.4, 0.5) is 5.82 Å². The summed E-state index contributed by atoms with van der Waals surface area (Å²) in [7, 11) is -2.31. The number of anilines is 1. The standard InChI is InChI=1S/C12H20N4O3S/c1-16-8-10(20(13,18)19)12(15-16)14-11(17)7-9-5-3-2-4-6-9/h8-9H,2-7H2,1H3,(H2,13,18,19)(H,14,15,17). The SMILES string of the molecule is Cn1cc(S(N)(=O)=O)c(NC(=O)CC2CCCCC2)n1. The fraction of sp³-hybridized carbons (Fsp3) is 0.667. The lowest BCUT2D eigenvalue weighted by Gasteiger charge is -2.20. The van der Waals surface area contributed by atoms with Gasteiger partial charge in [-0.25, -0.2) is 13.6 Å². The average Bonchev–Trinajstić information content (AvgIpc) is 2.71. The van der Waals surface area contributed by atoms with Gasteiger partial charge in [-0.3, -0.25) is 9.48 Å². The third kappa shape index (κ3) is 3.80. The second-order valence-electron chi connectivity index (χ2n) is 5.32. The highest BCUT2D eigenvalue weighted by Crippen LogP contribution is 2.27. The highest BCUT2D eigenvalue weighted by Gasteiger charge is 2.22. The molecule has 0 bridgehead atoms. The van der Waals surface area contributed by atoms with Gasteiger partial charge in [0.2, 0.25) is 15.9 Å². The number of primary sulfonamides is 1. The molecule has 1 heterocycles. The van der Waals surface area contributed by atoms with Gasteiger partial charge < -0.3 is 5.32 Å². The van der Waals surface area contributed by atoms with Gasteiger partial charge in [-0.05, 0) is 18.8 Å². The molecule has 2 rings (SSSR count). The van der Waals surface area contributed by atoms with Crippen molar-refractivity contribution in [3.8, 4) is 0 Å². The Kier molecular flexibility index (Phi) is 4.44. The van der Waals surface area contributed by atoms with E-state index in [1.165, 1.54) is 17.3 Å². The summed E-state index contributed by atoms with van der Waals surface area (Å²) >= 11 is 0. The van der Waals surface area contributed by atoms with E-state index in [-0.39, 0.29) is 16.6 Å². The van der Waals surface area contributed by atoms with Gasteiger partial charge in [0.25, 0.3) is 0 Å². The summed E-state index contributed by atoms with van der Waals surface area (Å²) in [6, 6.07) is 0. The summed E-state index contributed by atoms with van der Waals surface area (Å²) in [4.78, 5) is 11.8. The number of sulfonamides is 1. The minimum atomic E-state index is -3.89. The van der Waals surface area contributed by atoms with Crippen molar-refractivity contribution < 1.29 is 13.2 Å². The molecule has 0 saturated heterocycles. The average molecular weight is 300 g/mol. The van der Waals surface area contributed by atoms with E-state index in [4.69, 9.17) is 5.14 Å². The molecule has 0 aliphatic heterocycles. The smallest absolute Gasteiger partial charge is 0.243 e. The maximum atomic E-state index is 12.0. The van der Waals surface area contributed by atoms with Crippen molar-refractivity contribution in [2.24, 2.45) is 18.1 Å². The Morgan fingerprint density at radius 2 is 2.10 bits per heavy atom. The number of nitrogens with zero attached hydrogens (tertiary/aromatic N) is 2. The van der Waals surface area contributed by atoms with Crippen LogP contribution in [0.3, 0.4) is 0 Å². The summed E-state index contributed by atoms with van der Waals surface area (Å²) in [6.07, 6.45) is 7.34. The van der Waals surface area contributed by atoms with Crippen molar-refractivity contribution in [3.05, 3.63) is 6.20 Å². The molecule has 1 amide bonds. The summed E-state index contributed by atoms with van der Waals surface area (Å²) < 4.78 is 24.1. The van der Waals surface area contributed by atoms with Gasteiger partial charge in [-0.15, -0.1) is 0 Å². The normalized spacial score (nSPS) is 17.1. The zero-order chi connectivity index (χ0) is 14.8. The van der Waals surface area contributed by atoms with Crippen LogP contribution in [0.25, 0.3) is 0 Å². The van der Waals surface area contributed by atoms with Gasteiger partial charge in [0.05, 0.1) is 0 Å². The third-order valence-corrected chi connectivity index (χ3v) is 4.47. The molecule has 0 aromatic carbocycles. The molecule has 1 saturated carbocycles. The van der Waals surface area contributed by atoms with Crippen LogP contribution in [-0.4, -0.2) is 24.1 Å². The predicted molar refractivity (Wildman–Crippen MR) is 74.4 cm³/mol. The molecule has 1 fully saturated rings. The largest absolute Gasteiger partial charge is 0.308 e. The molecule has 1 aromatic heterocycles. The lowest BCUT2D eigenvalue weighted by atomic mass is 9.87. The van der Waals surface area contributed by atoms with Crippen molar-refractivity contribution in [1.82, 2.24) is 9.78 Å². The first-order valence-electron chi connectivity index (χ1n) is 6.72. The van der Waals surface area contributed by atoms with Crippen LogP contribution in [-0.2, 0) is 21.9 Å². The van der Waals surface area contributed by atoms with Crippen LogP contribution in [0, 0.1) is 5.92 Å².